The van der Waals surface area contributed by atoms with Crippen LogP contribution in [0.5, 0.6) is 0 Å². The van der Waals surface area contributed by atoms with Crippen LogP contribution in [-0.2, 0) is 0 Å². The predicted molar refractivity (Wildman–Crippen MR) is 74.9 cm³/mol. The average Bonchev–Trinajstić information content (AvgIpc) is 2.28. The van der Waals surface area contributed by atoms with Crippen LogP contribution in [0.25, 0.3) is 0 Å². The molecule has 1 aliphatic rings. The molecule has 1 aliphatic heterocycles. The Morgan fingerprint density at radius 2 is 1.82 bits per heavy atom. The van der Waals surface area contributed by atoms with Gasteiger partial charge in [0.2, 0.25) is 0 Å². The number of aryl methyl sites for hydroxylation is 3. The Morgan fingerprint density at radius 3 is 2.41 bits per heavy atom. The third-order valence-corrected chi connectivity index (χ3v) is 3.78. The number of likely N-dealkylation sites (N-methyl/N-ethyl adjacent to an activating group) is 1. The van der Waals surface area contributed by atoms with Gasteiger partial charge in [0, 0.05) is 24.8 Å². The van der Waals surface area contributed by atoms with Crippen molar-refractivity contribution in [3.05, 3.63) is 28.8 Å². The van der Waals surface area contributed by atoms with Gasteiger partial charge >= 0.3 is 0 Å². The van der Waals surface area contributed by atoms with Gasteiger partial charge in [0.25, 0.3) is 0 Å². The van der Waals surface area contributed by atoms with E-state index in [9.17, 15) is 0 Å². The lowest BCUT2D eigenvalue weighted by atomic mass is 10.00. The minimum absolute atomic E-state index is 0.642. The number of rotatable bonds is 2. The second-order valence-electron chi connectivity index (χ2n) is 5.32. The molecule has 1 fully saturated rings. The van der Waals surface area contributed by atoms with Gasteiger partial charge in [-0.1, -0.05) is 17.7 Å². The molecule has 17 heavy (non-hydrogen) atoms. The lowest BCUT2D eigenvalue weighted by Crippen LogP contribution is -2.44. The van der Waals surface area contributed by atoms with Crippen LogP contribution in [-0.4, -0.2) is 26.2 Å². The van der Waals surface area contributed by atoms with Crippen molar-refractivity contribution in [3.8, 4) is 0 Å². The minimum atomic E-state index is 0.642. The molecule has 0 aliphatic carbocycles. The van der Waals surface area contributed by atoms with Crippen molar-refractivity contribution in [2.24, 2.45) is 0 Å². The van der Waals surface area contributed by atoms with E-state index in [0.717, 1.165) is 6.54 Å². The SMILES string of the molecule is CNC1CCCN(c2c(C)cc(C)cc2C)C1. The van der Waals surface area contributed by atoms with Crippen molar-refractivity contribution >= 4 is 5.69 Å². The van der Waals surface area contributed by atoms with Crippen LogP contribution in [0.2, 0.25) is 0 Å². The van der Waals surface area contributed by atoms with Gasteiger partial charge in [0.1, 0.15) is 0 Å². The highest BCUT2D eigenvalue weighted by atomic mass is 15.2. The smallest absolute Gasteiger partial charge is 0.0426 e. The second-order valence-corrected chi connectivity index (χ2v) is 5.32. The molecule has 0 amide bonds. The zero-order chi connectivity index (χ0) is 12.4. The van der Waals surface area contributed by atoms with Crippen molar-refractivity contribution in [1.82, 2.24) is 5.32 Å². The average molecular weight is 232 g/mol. The third kappa shape index (κ3) is 2.63. The van der Waals surface area contributed by atoms with E-state index in [-0.39, 0.29) is 0 Å². The van der Waals surface area contributed by atoms with Crippen molar-refractivity contribution < 1.29 is 0 Å². The number of nitrogens with one attached hydrogen (secondary N) is 1. The molecule has 1 heterocycles. The van der Waals surface area contributed by atoms with Crippen LogP contribution < -0.4 is 10.2 Å². The van der Waals surface area contributed by atoms with E-state index in [1.165, 1.54) is 41.8 Å². The third-order valence-electron chi connectivity index (χ3n) is 3.78. The standard InChI is InChI=1S/C15H24N2/c1-11-8-12(2)15(13(3)9-11)17-7-5-6-14(10-17)16-4/h8-9,14,16H,5-7,10H2,1-4H3. The van der Waals surface area contributed by atoms with E-state index >= 15 is 0 Å². The highest BCUT2D eigenvalue weighted by Crippen LogP contribution is 2.28. The molecule has 1 atom stereocenters. The van der Waals surface area contributed by atoms with Gasteiger partial charge in [-0.2, -0.15) is 0 Å². The Labute approximate surface area is 105 Å². The first-order valence-corrected chi connectivity index (χ1v) is 6.62. The van der Waals surface area contributed by atoms with Gasteiger partial charge in [-0.05, 0) is 51.8 Å². The van der Waals surface area contributed by atoms with Crippen molar-refractivity contribution in [3.63, 3.8) is 0 Å². The molecule has 1 saturated heterocycles. The molecular formula is C15H24N2. The fourth-order valence-corrected chi connectivity index (χ4v) is 3.09. The van der Waals surface area contributed by atoms with Crippen LogP contribution in [0.4, 0.5) is 5.69 Å². The maximum absolute atomic E-state index is 3.41. The number of benzene rings is 1. The van der Waals surface area contributed by atoms with Gasteiger partial charge in [-0.15, -0.1) is 0 Å². The Kier molecular flexibility index (Phi) is 3.72. The van der Waals surface area contributed by atoms with E-state index < -0.39 is 0 Å². The van der Waals surface area contributed by atoms with E-state index in [1.807, 2.05) is 0 Å². The predicted octanol–water partition coefficient (Wildman–Crippen LogP) is 2.80. The summed E-state index contributed by atoms with van der Waals surface area (Å²) in [6.07, 6.45) is 2.59. The zero-order valence-electron chi connectivity index (χ0n) is 11.5. The number of piperidine rings is 1. The van der Waals surface area contributed by atoms with Gasteiger partial charge in [-0.3, -0.25) is 0 Å². The van der Waals surface area contributed by atoms with Crippen LogP contribution in [0, 0.1) is 20.8 Å². The topological polar surface area (TPSA) is 15.3 Å². The summed E-state index contributed by atoms with van der Waals surface area (Å²) in [4.78, 5) is 2.55. The summed E-state index contributed by atoms with van der Waals surface area (Å²) in [6.45, 7) is 8.98. The van der Waals surface area contributed by atoms with Crippen LogP contribution in [0.1, 0.15) is 29.5 Å². The Hall–Kier alpha value is -1.02. The largest absolute Gasteiger partial charge is 0.370 e. The fraction of sp³-hybridized carbons (Fsp3) is 0.600. The van der Waals surface area contributed by atoms with E-state index in [2.05, 4.69) is 50.2 Å². The molecule has 2 rings (SSSR count). The molecule has 0 saturated carbocycles. The molecule has 1 aromatic rings. The summed E-state index contributed by atoms with van der Waals surface area (Å²) < 4.78 is 0. The summed E-state index contributed by atoms with van der Waals surface area (Å²) in [5.74, 6) is 0. The Bertz CT molecular complexity index is 375. The van der Waals surface area contributed by atoms with Gasteiger partial charge < -0.3 is 10.2 Å². The van der Waals surface area contributed by atoms with Crippen molar-refractivity contribution in [2.75, 3.05) is 25.0 Å². The molecule has 0 bridgehead atoms. The maximum Gasteiger partial charge on any atom is 0.0426 e. The van der Waals surface area contributed by atoms with Crippen molar-refractivity contribution in [1.29, 1.82) is 0 Å². The number of nitrogens with zero attached hydrogens (tertiary/aromatic N) is 1. The first-order chi connectivity index (χ1) is 8.11. The maximum atomic E-state index is 3.41. The second kappa shape index (κ2) is 5.09. The number of hydrogen-bond acceptors (Lipinski definition) is 2. The van der Waals surface area contributed by atoms with E-state index in [0.29, 0.717) is 6.04 Å². The molecule has 1 N–H and O–H groups in total. The molecule has 0 radical (unpaired) electrons. The molecule has 1 aromatic carbocycles. The summed E-state index contributed by atoms with van der Waals surface area (Å²) in [5, 5.41) is 3.41. The normalized spacial score (nSPS) is 20.7. The van der Waals surface area contributed by atoms with Crippen LogP contribution >= 0.6 is 0 Å². The monoisotopic (exact) mass is 232 g/mol. The molecule has 0 aromatic heterocycles. The Morgan fingerprint density at radius 1 is 1.18 bits per heavy atom. The number of anilines is 1. The zero-order valence-corrected chi connectivity index (χ0v) is 11.5. The van der Waals surface area contributed by atoms with Crippen molar-refractivity contribution in [2.45, 2.75) is 39.7 Å². The lowest BCUT2D eigenvalue weighted by Gasteiger charge is -2.36. The summed E-state index contributed by atoms with van der Waals surface area (Å²) in [7, 11) is 2.07. The van der Waals surface area contributed by atoms with Gasteiger partial charge in [0.05, 0.1) is 0 Å². The highest BCUT2D eigenvalue weighted by Gasteiger charge is 2.21. The van der Waals surface area contributed by atoms with E-state index in [4.69, 9.17) is 0 Å². The summed E-state index contributed by atoms with van der Waals surface area (Å²) in [6, 6.07) is 5.24. The molecule has 94 valence electrons. The summed E-state index contributed by atoms with van der Waals surface area (Å²) in [5.41, 5.74) is 5.65. The number of hydrogen-bond donors (Lipinski definition) is 1. The first-order valence-electron chi connectivity index (χ1n) is 6.62. The van der Waals surface area contributed by atoms with Crippen LogP contribution in [0.3, 0.4) is 0 Å². The first kappa shape index (κ1) is 12.4. The molecule has 2 heteroatoms. The highest BCUT2D eigenvalue weighted by molar-refractivity contribution is 5.60. The van der Waals surface area contributed by atoms with E-state index in [1.54, 1.807) is 0 Å². The molecule has 2 nitrogen and oxygen atoms in total. The molecule has 1 unspecified atom stereocenters. The molecule has 0 spiro atoms. The minimum Gasteiger partial charge on any atom is -0.370 e. The van der Waals surface area contributed by atoms with Crippen LogP contribution in [0.15, 0.2) is 12.1 Å². The molecular weight excluding hydrogens is 208 g/mol. The fourth-order valence-electron chi connectivity index (χ4n) is 3.09. The lowest BCUT2D eigenvalue weighted by molar-refractivity contribution is 0.449. The van der Waals surface area contributed by atoms with Gasteiger partial charge in [-0.25, -0.2) is 0 Å². The van der Waals surface area contributed by atoms with Gasteiger partial charge in [0.15, 0.2) is 0 Å². The summed E-state index contributed by atoms with van der Waals surface area (Å²) >= 11 is 0. The Balaban J connectivity index is 2.27. The quantitative estimate of drug-likeness (QED) is 0.843.